The van der Waals surface area contributed by atoms with Crippen molar-refractivity contribution in [3.05, 3.63) is 33.9 Å². The van der Waals surface area contributed by atoms with Crippen LogP contribution in [0.1, 0.15) is 19.4 Å². The third kappa shape index (κ3) is 5.54. The molecule has 0 atom stereocenters. The van der Waals surface area contributed by atoms with E-state index in [1.165, 1.54) is 12.1 Å². The zero-order valence-corrected chi connectivity index (χ0v) is 12.2. The number of non-ortho nitro benzene ring substituents is 1. The summed E-state index contributed by atoms with van der Waals surface area (Å²) in [6, 6.07) is 4.61. The van der Waals surface area contributed by atoms with Gasteiger partial charge in [-0.25, -0.2) is 0 Å². The van der Waals surface area contributed by atoms with E-state index in [9.17, 15) is 10.1 Å². The van der Waals surface area contributed by atoms with Crippen LogP contribution in [0.3, 0.4) is 0 Å². The lowest BCUT2D eigenvalue weighted by Gasteiger charge is -2.12. The molecule has 0 fully saturated rings. The van der Waals surface area contributed by atoms with Gasteiger partial charge in [-0.15, -0.1) is 0 Å². The molecule has 0 aliphatic rings. The number of benzene rings is 1. The zero-order chi connectivity index (χ0) is 15.0. The first kappa shape index (κ1) is 16.4. The minimum atomic E-state index is -0.408. The van der Waals surface area contributed by atoms with Crippen molar-refractivity contribution in [2.24, 2.45) is 5.92 Å². The monoisotopic (exact) mass is 282 g/mol. The van der Waals surface area contributed by atoms with E-state index in [-0.39, 0.29) is 5.69 Å². The molecule has 0 amide bonds. The van der Waals surface area contributed by atoms with Crippen molar-refractivity contribution in [1.29, 1.82) is 0 Å². The maximum Gasteiger partial charge on any atom is 0.270 e. The van der Waals surface area contributed by atoms with Crippen LogP contribution in [0.5, 0.6) is 5.75 Å². The molecule has 112 valence electrons. The summed E-state index contributed by atoms with van der Waals surface area (Å²) in [5, 5.41) is 13.7. The van der Waals surface area contributed by atoms with Crippen LogP contribution in [-0.2, 0) is 11.3 Å². The van der Waals surface area contributed by atoms with Crippen molar-refractivity contribution in [3.8, 4) is 5.75 Å². The second-order valence-corrected chi connectivity index (χ2v) is 4.90. The van der Waals surface area contributed by atoms with Gasteiger partial charge in [0.15, 0.2) is 0 Å². The van der Waals surface area contributed by atoms with Crippen molar-refractivity contribution >= 4 is 5.69 Å². The van der Waals surface area contributed by atoms with Crippen molar-refractivity contribution < 1.29 is 14.4 Å². The molecule has 0 heterocycles. The summed E-state index contributed by atoms with van der Waals surface area (Å²) in [5.74, 6) is 1.15. The first-order valence-corrected chi connectivity index (χ1v) is 6.67. The van der Waals surface area contributed by atoms with Crippen molar-refractivity contribution in [1.82, 2.24) is 5.32 Å². The highest BCUT2D eigenvalue weighted by molar-refractivity contribution is 5.43. The number of rotatable bonds is 9. The lowest BCUT2D eigenvalue weighted by molar-refractivity contribution is -0.384. The summed E-state index contributed by atoms with van der Waals surface area (Å²) in [5.41, 5.74) is 0.837. The maximum atomic E-state index is 10.8. The van der Waals surface area contributed by atoms with E-state index in [2.05, 4.69) is 19.2 Å². The van der Waals surface area contributed by atoms with Crippen LogP contribution in [0.15, 0.2) is 18.2 Å². The highest BCUT2D eigenvalue weighted by atomic mass is 16.6. The van der Waals surface area contributed by atoms with Crippen LogP contribution >= 0.6 is 0 Å². The van der Waals surface area contributed by atoms with Gasteiger partial charge in [0.2, 0.25) is 0 Å². The summed E-state index contributed by atoms with van der Waals surface area (Å²) in [6.45, 7) is 6.33. The molecule has 0 saturated heterocycles. The predicted octanol–water partition coefficient (Wildman–Crippen LogP) is 2.37. The molecule has 0 aliphatic carbocycles. The Morgan fingerprint density at radius 2 is 2.10 bits per heavy atom. The molecule has 0 spiro atoms. The van der Waals surface area contributed by atoms with E-state index in [4.69, 9.17) is 9.47 Å². The molecule has 1 aromatic carbocycles. The van der Waals surface area contributed by atoms with Crippen LogP contribution in [-0.4, -0.2) is 31.8 Å². The molecule has 1 N–H and O–H groups in total. The quantitative estimate of drug-likeness (QED) is 0.427. The largest absolute Gasteiger partial charge is 0.491 e. The van der Waals surface area contributed by atoms with Crippen LogP contribution < -0.4 is 10.1 Å². The first-order valence-electron chi connectivity index (χ1n) is 6.67. The van der Waals surface area contributed by atoms with Crippen LogP contribution in [0.2, 0.25) is 0 Å². The van der Waals surface area contributed by atoms with Gasteiger partial charge >= 0.3 is 0 Å². The Kier molecular flexibility index (Phi) is 6.97. The fourth-order valence-electron chi connectivity index (χ4n) is 1.68. The molecule has 0 aliphatic heterocycles. The van der Waals surface area contributed by atoms with Gasteiger partial charge in [0.25, 0.3) is 5.69 Å². The Bertz CT molecular complexity index is 435. The molecule has 6 nitrogen and oxygen atoms in total. The summed E-state index contributed by atoms with van der Waals surface area (Å²) in [4.78, 5) is 10.3. The number of ether oxygens (including phenoxy) is 2. The lowest BCUT2D eigenvalue weighted by Crippen LogP contribution is -2.12. The van der Waals surface area contributed by atoms with Gasteiger partial charge < -0.3 is 14.8 Å². The minimum absolute atomic E-state index is 0.0682. The topological polar surface area (TPSA) is 73.6 Å². The molecular formula is C14H22N2O4. The number of nitro benzene ring substituents is 1. The van der Waals surface area contributed by atoms with Crippen molar-refractivity contribution in [2.75, 3.05) is 26.9 Å². The molecule has 20 heavy (non-hydrogen) atoms. The van der Waals surface area contributed by atoms with E-state index in [1.54, 1.807) is 13.1 Å². The number of hydrogen-bond donors (Lipinski definition) is 1. The normalized spacial score (nSPS) is 10.8. The fraction of sp³-hybridized carbons (Fsp3) is 0.571. The highest BCUT2D eigenvalue weighted by Gasteiger charge is 2.11. The second-order valence-electron chi connectivity index (χ2n) is 4.90. The first-order chi connectivity index (χ1) is 9.54. The Balaban J connectivity index is 2.57. The second kappa shape index (κ2) is 8.50. The van der Waals surface area contributed by atoms with E-state index < -0.39 is 4.92 Å². The SMILES string of the molecule is CNCc1cc([N+](=O)[O-])ccc1OCCOCC(C)C. The van der Waals surface area contributed by atoms with Crippen LogP contribution in [0, 0.1) is 16.0 Å². The van der Waals surface area contributed by atoms with Gasteiger partial charge in [0, 0.05) is 30.8 Å². The van der Waals surface area contributed by atoms with Gasteiger partial charge in [0.05, 0.1) is 11.5 Å². The van der Waals surface area contributed by atoms with Gasteiger partial charge in [-0.2, -0.15) is 0 Å². The highest BCUT2D eigenvalue weighted by Crippen LogP contribution is 2.24. The summed E-state index contributed by atoms with van der Waals surface area (Å²) >= 11 is 0. The molecular weight excluding hydrogens is 260 g/mol. The average Bonchev–Trinajstić information content (AvgIpc) is 2.39. The van der Waals surface area contributed by atoms with Crippen LogP contribution in [0.25, 0.3) is 0 Å². The third-order valence-electron chi connectivity index (χ3n) is 2.56. The molecule has 0 bridgehead atoms. The zero-order valence-electron chi connectivity index (χ0n) is 12.2. The van der Waals surface area contributed by atoms with E-state index in [0.29, 0.717) is 38.0 Å². The minimum Gasteiger partial charge on any atom is -0.491 e. The molecule has 1 rings (SSSR count). The Hall–Kier alpha value is -1.66. The number of nitrogens with one attached hydrogen (secondary N) is 1. The Morgan fingerprint density at radius 3 is 2.70 bits per heavy atom. The smallest absolute Gasteiger partial charge is 0.270 e. The average molecular weight is 282 g/mol. The summed E-state index contributed by atoms with van der Waals surface area (Å²) in [6.07, 6.45) is 0. The molecule has 0 radical (unpaired) electrons. The van der Waals surface area contributed by atoms with Crippen LogP contribution in [0.4, 0.5) is 5.69 Å². The van der Waals surface area contributed by atoms with Gasteiger partial charge in [0.1, 0.15) is 12.4 Å². The third-order valence-corrected chi connectivity index (χ3v) is 2.56. The van der Waals surface area contributed by atoms with Crippen molar-refractivity contribution in [3.63, 3.8) is 0 Å². The predicted molar refractivity (Wildman–Crippen MR) is 77.0 cm³/mol. The molecule has 1 aromatic rings. The number of hydrogen-bond acceptors (Lipinski definition) is 5. The standard InChI is InChI=1S/C14H22N2O4/c1-11(2)10-19-6-7-20-14-5-4-13(16(17)18)8-12(14)9-15-3/h4-5,8,11,15H,6-7,9-10H2,1-3H3. The van der Waals surface area contributed by atoms with Gasteiger partial charge in [-0.05, 0) is 19.0 Å². The lowest BCUT2D eigenvalue weighted by atomic mass is 10.2. The Labute approximate surface area is 119 Å². The van der Waals surface area contributed by atoms with Gasteiger partial charge in [-0.3, -0.25) is 10.1 Å². The summed E-state index contributed by atoms with van der Waals surface area (Å²) < 4.78 is 11.0. The molecule has 0 unspecified atom stereocenters. The van der Waals surface area contributed by atoms with Crippen molar-refractivity contribution in [2.45, 2.75) is 20.4 Å². The summed E-state index contributed by atoms with van der Waals surface area (Å²) in [7, 11) is 1.79. The molecule has 0 aromatic heterocycles. The number of nitro groups is 1. The molecule has 6 heteroatoms. The van der Waals surface area contributed by atoms with E-state index in [1.807, 2.05) is 0 Å². The van der Waals surface area contributed by atoms with Gasteiger partial charge in [-0.1, -0.05) is 13.8 Å². The maximum absolute atomic E-state index is 10.8. The van der Waals surface area contributed by atoms with E-state index in [0.717, 1.165) is 5.56 Å². The molecule has 0 saturated carbocycles. The number of nitrogens with zero attached hydrogens (tertiary/aromatic N) is 1. The van der Waals surface area contributed by atoms with E-state index >= 15 is 0 Å². The fourth-order valence-corrected chi connectivity index (χ4v) is 1.68. The Morgan fingerprint density at radius 1 is 1.35 bits per heavy atom.